The van der Waals surface area contributed by atoms with Crippen molar-refractivity contribution in [2.75, 3.05) is 13.1 Å². The van der Waals surface area contributed by atoms with Crippen LogP contribution in [-0.4, -0.2) is 45.8 Å². The first kappa shape index (κ1) is 11.1. The molecule has 1 aromatic heterocycles. The molecule has 0 radical (unpaired) electrons. The van der Waals surface area contributed by atoms with Gasteiger partial charge in [-0.25, -0.2) is 4.98 Å². The summed E-state index contributed by atoms with van der Waals surface area (Å²) in [6.45, 7) is 0.960. The minimum absolute atomic E-state index is 0.0637. The van der Waals surface area contributed by atoms with Crippen LogP contribution in [0, 0.1) is 5.92 Å². The van der Waals surface area contributed by atoms with Gasteiger partial charge in [0.05, 0.1) is 12.1 Å². The monoisotopic (exact) mass is 246 g/mol. The van der Waals surface area contributed by atoms with Crippen LogP contribution in [0.25, 0.3) is 0 Å². The Labute approximate surface area is 104 Å². The fourth-order valence-corrected chi connectivity index (χ4v) is 1.93. The van der Waals surface area contributed by atoms with Gasteiger partial charge >= 0.3 is 0 Å². The van der Waals surface area contributed by atoms with E-state index < -0.39 is 0 Å². The van der Waals surface area contributed by atoms with E-state index >= 15 is 0 Å². The van der Waals surface area contributed by atoms with Crippen molar-refractivity contribution in [2.45, 2.75) is 18.9 Å². The molecule has 1 aromatic rings. The van der Waals surface area contributed by atoms with E-state index in [0.717, 1.165) is 12.8 Å². The van der Waals surface area contributed by atoms with Crippen LogP contribution in [-0.2, 0) is 4.79 Å². The van der Waals surface area contributed by atoms with Crippen LogP contribution in [0.15, 0.2) is 18.6 Å². The highest BCUT2D eigenvalue weighted by atomic mass is 16.2. The number of amides is 2. The van der Waals surface area contributed by atoms with Gasteiger partial charge in [-0.15, -0.1) is 0 Å². The highest BCUT2D eigenvalue weighted by Crippen LogP contribution is 2.22. The van der Waals surface area contributed by atoms with Crippen LogP contribution in [0.1, 0.15) is 23.3 Å². The molecule has 6 nitrogen and oxygen atoms in total. The van der Waals surface area contributed by atoms with Crippen molar-refractivity contribution < 1.29 is 9.59 Å². The van der Waals surface area contributed by atoms with E-state index in [1.807, 2.05) is 0 Å². The summed E-state index contributed by atoms with van der Waals surface area (Å²) in [7, 11) is 0. The molecule has 2 heterocycles. The maximum Gasteiger partial charge on any atom is 0.274 e. The zero-order chi connectivity index (χ0) is 12.5. The zero-order valence-electron chi connectivity index (χ0n) is 9.87. The largest absolute Gasteiger partial charge is 0.353 e. The second-order valence-electron chi connectivity index (χ2n) is 4.78. The normalized spacial score (nSPS) is 19.2. The highest BCUT2D eigenvalue weighted by Gasteiger charge is 2.38. The van der Waals surface area contributed by atoms with Gasteiger partial charge in [0.25, 0.3) is 5.91 Å². The first-order valence-corrected chi connectivity index (χ1v) is 6.09. The van der Waals surface area contributed by atoms with E-state index in [9.17, 15) is 9.59 Å². The van der Waals surface area contributed by atoms with Crippen molar-refractivity contribution in [3.63, 3.8) is 0 Å². The quantitative estimate of drug-likeness (QED) is 0.803. The summed E-state index contributed by atoms with van der Waals surface area (Å²) in [6.07, 6.45) is 6.63. The van der Waals surface area contributed by atoms with Crippen molar-refractivity contribution >= 4 is 11.8 Å². The lowest BCUT2D eigenvalue weighted by Crippen LogP contribution is -2.56. The van der Waals surface area contributed by atoms with Gasteiger partial charge in [0, 0.05) is 31.5 Å². The van der Waals surface area contributed by atoms with Gasteiger partial charge in [0.1, 0.15) is 5.69 Å². The number of carbonyl (C=O) groups excluding carboxylic acids is 2. The third-order valence-corrected chi connectivity index (χ3v) is 3.25. The van der Waals surface area contributed by atoms with Gasteiger partial charge in [-0.1, -0.05) is 0 Å². The van der Waals surface area contributed by atoms with Gasteiger partial charge in [0.15, 0.2) is 0 Å². The Kier molecular flexibility index (Phi) is 2.70. The number of hydrogen-bond acceptors (Lipinski definition) is 4. The van der Waals surface area contributed by atoms with Crippen molar-refractivity contribution in [2.24, 2.45) is 5.92 Å². The molecular weight excluding hydrogens is 232 g/mol. The number of likely N-dealkylation sites (tertiary alicyclic amines) is 1. The number of carbonyl (C=O) groups is 2. The summed E-state index contributed by atoms with van der Waals surface area (Å²) < 4.78 is 0. The molecule has 2 aliphatic rings. The van der Waals surface area contributed by atoms with Gasteiger partial charge < -0.3 is 10.2 Å². The topological polar surface area (TPSA) is 75.2 Å². The van der Waals surface area contributed by atoms with Crippen LogP contribution in [0.3, 0.4) is 0 Å². The van der Waals surface area contributed by atoms with Crippen molar-refractivity contribution in [1.82, 2.24) is 20.2 Å². The lowest BCUT2D eigenvalue weighted by atomic mass is 9.98. The predicted octanol–water partition coefficient (Wildman–Crippen LogP) is -0.173. The van der Waals surface area contributed by atoms with E-state index in [4.69, 9.17) is 0 Å². The van der Waals surface area contributed by atoms with E-state index in [1.165, 1.54) is 18.6 Å². The first-order chi connectivity index (χ1) is 8.74. The molecule has 0 atom stereocenters. The molecule has 94 valence electrons. The molecule has 18 heavy (non-hydrogen) atoms. The van der Waals surface area contributed by atoms with E-state index in [0.29, 0.717) is 24.8 Å². The third kappa shape index (κ3) is 2.18. The highest BCUT2D eigenvalue weighted by molar-refractivity contribution is 5.94. The van der Waals surface area contributed by atoms with Crippen LogP contribution in [0.5, 0.6) is 0 Å². The molecule has 3 rings (SSSR count). The lowest BCUT2D eigenvalue weighted by Gasteiger charge is -2.37. The van der Waals surface area contributed by atoms with Gasteiger partial charge in [-0.2, -0.15) is 0 Å². The van der Waals surface area contributed by atoms with Crippen molar-refractivity contribution in [3.05, 3.63) is 24.3 Å². The predicted molar refractivity (Wildman–Crippen MR) is 62.6 cm³/mol. The number of rotatable bonds is 3. The third-order valence-electron chi connectivity index (χ3n) is 3.25. The molecule has 1 saturated carbocycles. The van der Waals surface area contributed by atoms with Crippen molar-refractivity contribution in [1.29, 1.82) is 0 Å². The molecule has 6 heteroatoms. The SMILES string of the molecule is O=C(NC1CC1)C1CN(C(=O)c2cnccn2)C1. The Balaban J connectivity index is 1.52. The Morgan fingerprint density at radius 3 is 2.67 bits per heavy atom. The second kappa shape index (κ2) is 4.36. The smallest absolute Gasteiger partial charge is 0.274 e. The zero-order valence-corrected chi connectivity index (χ0v) is 9.87. The summed E-state index contributed by atoms with van der Waals surface area (Å²) >= 11 is 0. The number of hydrogen-bond donors (Lipinski definition) is 1. The Morgan fingerprint density at radius 2 is 2.06 bits per heavy atom. The first-order valence-electron chi connectivity index (χ1n) is 6.09. The van der Waals surface area contributed by atoms with E-state index in [-0.39, 0.29) is 17.7 Å². The van der Waals surface area contributed by atoms with E-state index in [1.54, 1.807) is 4.90 Å². The molecule has 2 fully saturated rings. The average molecular weight is 246 g/mol. The molecule has 2 amide bonds. The Hall–Kier alpha value is -1.98. The van der Waals surface area contributed by atoms with Gasteiger partial charge in [-0.3, -0.25) is 14.6 Å². The minimum atomic E-state index is -0.154. The van der Waals surface area contributed by atoms with Crippen LogP contribution in [0.2, 0.25) is 0 Å². The molecular formula is C12H14N4O2. The fraction of sp³-hybridized carbons (Fsp3) is 0.500. The molecule has 0 unspecified atom stereocenters. The molecule has 1 aliphatic heterocycles. The molecule has 1 aliphatic carbocycles. The minimum Gasteiger partial charge on any atom is -0.353 e. The molecule has 0 bridgehead atoms. The van der Waals surface area contributed by atoms with Gasteiger partial charge in [-0.05, 0) is 12.8 Å². The number of nitrogens with one attached hydrogen (secondary N) is 1. The standard InChI is InChI=1S/C12H14N4O2/c17-11(15-9-1-2-9)8-6-16(7-8)12(18)10-5-13-3-4-14-10/h3-5,8-9H,1-2,6-7H2,(H,15,17). The molecule has 0 aromatic carbocycles. The Morgan fingerprint density at radius 1 is 1.28 bits per heavy atom. The summed E-state index contributed by atoms with van der Waals surface area (Å²) in [4.78, 5) is 33.1. The summed E-state index contributed by atoms with van der Waals surface area (Å²) in [5, 5.41) is 2.95. The summed E-state index contributed by atoms with van der Waals surface area (Å²) in [5.74, 6) is -0.148. The summed E-state index contributed by atoms with van der Waals surface area (Å²) in [5.41, 5.74) is 0.332. The van der Waals surface area contributed by atoms with Crippen LogP contribution >= 0.6 is 0 Å². The van der Waals surface area contributed by atoms with Gasteiger partial charge in [0.2, 0.25) is 5.91 Å². The van der Waals surface area contributed by atoms with Crippen molar-refractivity contribution in [3.8, 4) is 0 Å². The molecule has 1 N–H and O–H groups in total. The molecule has 0 spiro atoms. The lowest BCUT2D eigenvalue weighted by molar-refractivity contribution is -0.129. The van der Waals surface area contributed by atoms with Crippen LogP contribution in [0.4, 0.5) is 0 Å². The Bertz CT molecular complexity index is 466. The average Bonchev–Trinajstić information content (AvgIpc) is 3.12. The summed E-state index contributed by atoms with van der Waals surface area (Å²) in [6, 6.07) is 0.377. The fourth-order valence-electron chi connectivity index (χ4n) is 1.93. The maximum atomic E-state index is 11.9. The molecule has 1 saturated heterocycles. The van der Waals surface area contributed by atoms with Crippen LogP contribution < -0.4 is 5.32 Å². The second-order valence-corrected chi connectivity index (χ2v) is 4.78. The maximum absolute atomic E-state index is 11.9. The number of nitrogens with zero attached hydrogens (tertiary/aromatic N) is 3. The van der Waals surface area contributed by atoms with E-state index in [2.05, 4.69) is 15.3 Å². The number of aromatic nitrogens is 2.